The van der Waals surface area contributed by atoms with Crippen LogP contribution in [0.3, 0.4) is 0 Å². The van der Waals surface area contributed by atoms with Crippen molar-refractivity contribution in [3.63, 3.8) is 0 Å². The number of aromatic nitrogens is 1. The second-order valence-corrected chi connectivity index (χ2v) is 5.32. The molecule has 2 rings (SSSR count). The number of halogens is 2. The molecule has 0 fully saturated rings. The smallest absolute Gasteiger partial charge is 0.323 e. The number of carboxylic acids is 1. The van der Waals surface area contributed by atoms with Crippen molar-refractivity contribution >= 4 is 40.1 Å². The van der Waals surface area contributed by atoms with Crippen LogP contribution < -0.4 is 0 Å². The third-order valence-electron chi connectivity index (χ3n) is 3.12. The molecule has 3 nitrogen and oxygen atoms in total. The Hall–Kier alpha value is -1.19. The van der Waals surface area contributed by atoms with Crippen molar-refractivity contribution < 1.29 is 9.90 Å². The highest BCUT2D eigenvalue weighted by Gasteiger charge is 2.15. The Balaban J connectivity index is 2.59. The third kappa shape index (κ3) is 2.88. The molecule has 0 atom stereocenters. The van der Waals surface area contributed by atoms with E-state index in [-0.39, 0.29) is 6.54 Å². The summed E-state index contributed by atoms with van der Waals surface area (Å²) in [5.74, 6) is -0.894. The van der Waals surface area contributed by atoms with E-state index in [0.717, 1.165) is 30.2 Å². The van der Waals surface area contributed by atoms with Gasteiger partial charge in [-0.15, -0.1) is 0 Å². The fraction of sp³-hybridized carbons (Fsp3) is 0.357. The van der Waals surface area contributed by atoms with Gasteiger partial charge in [-0.25, -0.2) is 0 Å². The van der Waals surface area contributed by atoms with Crippen LogP contribution in [0.4, 0.5) is 0 Å². The van der Waals surface area contributed by atoms with Gasteiger partial charge in [0, 0.05) is 11.6 Å². The first kappa shape index (κ1) is 14.2. The molecule has 0 aliphatic rings. The van der Waals surface area contributed by atoms with E-state index in [4.69, 9.17) is 28.3 Å². The van der Waals surface area contributed by atoms with Crippen LogP contribution in [0.5, 0.6) is 0 Å². The molecule has 5 heteroatoms. The average molecular weight is 300 g/mol. The minimum absolute atomic E-state index is 0.108. The van der Waals surface area contributed by atoms with Gasteiger partial charge in [0.05, 0.1) is 15.6 Å². The molecule has 1 aromatic carbocycles. The molecule has 0 aliphatic heterocycles. The zero-order chi connectivity index (χ0) is 14.0. The van der Waals surface area contributed by atoms with Crippen LogP contribution in [0.15, 0.2) is 18.3 Å². The number of rotatable bonds is 5. The lowest BCUT2D eigenvalue weighted by atomic mass is 10.1. The Bertz CT molecular complexity index is 619. The number of unbranched alkanes of at least 4 members (excludes halogenated alkanes) is 1. The Labute approximate surface area is 121 Å². The zero-order valence-corrected chi connectivity index (χ0v) is 12.1. The highest BCUT2D eigenvalue weighted by Crippen LogP contribution is 2.34. The topological polar surface area (TPSA) is 42.2 Å². The van der Waals surface area contributed by atoms with Gasteiger partial charge < -0.3 is 9.67 Å². The van der Waals surface area contributed by atoms with Crippen molar-refractivity contribution in [1.29, 1.82) is 0 Å². The molecule has 0 saturated carbocycles. The van der Waals surface area contributed by atoms with Gasteiger partial charge in [0.15, 0.2) is 0 Å². The summed E-state index contributed by atoms with van der Waals surface area (Å²) in [5.41, 5.74) is 1.83. The number of nitrogens with zero attached hydrogens (tertiary/aromatic N) is 1. The highest BCUT2D eigenvalue weighted by molar-refractivity contribution is 6.45. The molecular formula is C14H15Cl2NO2. The molecule has 0 aliphatic carbocycles. The minimum Gasteiger partial charge on any atom is -0.480 e. The molecule has 0 spiro atoms. The summed E-state index contributed by atoms with van der Waals surface area (Å²) in [7, 11) is 0. The van der Waals surface area contributed by atoms with Crippen molar-refractivity contribution in [1.82, 2.24) is 4.57 Å². The van der Waals surface area contributed by atoms with Gasteiger partial charge in [-0.2, -0.15) is 0 Å². The molecule has 102 valence electrons. The summed E-state index contributed by atoms with van der Waals surface area (Å²) in [6.07, 6.45) is 4.94. The molecule has 1 heterocycles. The molecule has 0 amide bonds. The third-order valence-corrected chi connectivity index (χ3v) is 3.91. The number of carboxylic acid groups (broad SMARTS) is 1. The maximum Gasteiger partial charge on any atom is 0.323 e. The summed E-state index contributed by atoms with van der Waals surface area (Å²) in [6.45, 7) is 2.02. The van der Waals surface area contributed by atoms with Crippen LogP contribution in [0.2, 0.25) is 10.0 Å². The van der Waals surface area contributed by atoms with Crippen LogP contribution in [-0.4, -0.2) is 15.6 Å². The maximum atomic E-state index is 10.9. The van der Waals surface area contributed by atoms with Crippen molar-refractivity contribution in [3.8, 4) is 0 Å². The van der Waals surface area contributed by atoms with Crippen molar-refractivity contribution in [2.24, 2.45) is 0 Å². The Morgan fingerprint density at radius 3 is 2.74 bits per heavy atom. The van der Waals surface area contributed by atoms with Crippen LogP contribution in [0.25, 0.3) is 10.9 Å². The van der Waals surface area contributed by atoms with Crippen molar-refractivity contribution in [2.75, 3.05) is 0 Å². The van der Waals surface area contributed by atoms with E-state index in [1.807, 2.05) is 12.3 Å². The summed E-state index contributed by atoms with van der Waals surface area (Å²) in [6, 6.07) is 3.67. The van der Waals surface area contributed by atoms with Gasteiger partial charge in [-0.3, -0.25) is 4.79 Å². The maximum absolute atomic E-state index is 10.9. The molecule has 0 bridgehead atoms. The van der Waals surface area contributed by atoms with Crippen LogP contribution in [0.1, 0.15) is 25.3 Å². The molecule has 0 unspecified atom stereocenters. The van der Waals surface area contributed by atoms with Crippen molar-refractivity contribution in [3.05, 3.63) is 33.9 Å². The monoisotopic (exact) mass is 299 g/mol. The molecule has 1 N–H and O–H groups in total. The van der Waals surface area contributed by atoms with Gasteiger partial charge in [0.2, 0.25) is 0 Å². The van der Waals surface area contributed by atoms with E-state index >= 15 is 0 Å². The van der Waals surface area contributed by atoms with Gasteiger partial charge in [0.1, 0.15) is 6.54 Å². The highest BCUT2D eigenvalue weighted by atomic mass is 35.5. The van der Waals surface area contributed by atoms with Gasteiger partial charge in [0.25, 0.3) is 0 Å². The van der Waals surface area contributed by atoms with E-state index in [9.17, 15) is 4.79 Å². The molecule has 1 aromatic heterocycles. The van der Waals surface area contributed by atoms with Crippen LogP contribution in [0, 0.1) is 0 Å². The summed E-state index contributed by atoms with van der Waals surface area (Å²) >= 11 is 12.2. The van der Waals surface area contributed by atoms with Crippen LogP contribution >= 0.6 is 23.2 Å². The number of carbonyl (C=O) groups is 1. The lowest BCUT2D eigenvalue weighted by Gasteiger charge is -2.04. The van der Waals surface area contributed by atoms with Crippen molar-refractivity contribution in [2.45, 2.75) is 32.7 Å². The first-order valence-electron chi connectivity index (χ1n) is 6.22. The fourth-order valence-corrected chi connectivity index (χ4v) is 2.66. The quantitative estimate of drug-likeness (QED) is 0.890. The number of benzene rings is 1. The predicted molar refractivity (Wildman–Crippen MR) is 78.2 cm³/mol. The number of hydrogen-bond donors (Lipinski definition) is 1. The standard InChI is InChI=1S/C14H15Cl2NO2/c1-2-3-4-9-7-17(8-12(18)19)14-10(9)5-6-11(15)13(14)16/h5-7H,2-4,8H2,1H3,(H,18,19). The van der Waals surface area contributed by atoms with E-state index in [1.165, 1.54) is 0 Å². The largest absolute Gasteiger partial charge is 0.480 e. The first-order chi connectivity index (χ1) is 9.04. The Morgan fingerprint density at radius 1 is 1.37 bits per heavy atom. The molecule has 19 heavy (non-hydrogen) atoms. The lowest BCUT2D eigenvalue weighted by molar-refractivity contribution is -0.137. The van der Waals surface area contributed by atoms with Gasteiger partial charge in [-0.1, -0.05) is 42.6 Å². The lowest BCUT2D eigenvalue weighted by Crippen LogP contribution is -2.07. The SMILES string of the molecule is CCCCc1cn(CC(=O)O)c2c(Cl)c(Cl)ccc12. The summed E-state index contributed by atoms with van der Waals surface area (Å²) in [5, 5.41) is 10.8. The first-order valence-corrected chi connectivity index (χ1v) is 6.97. The second kappa shape index (κ2) is 5.85. The molecule has 0 radical (unpaired) electrons. The average Bonchev–Trinajstić information content (AvgIpc) is 2.69. The van der Waals surface area contributed by atoms with Crippen LogP contribution in [-0.2, 0) is 17.8 Å². The predicted octanol–water partition coefficient (Wildman–Crippen LogP) is 4.38. The van der Waals surface area contributed by atoms with Gasteiger partial charge in [-0.05, 0) is 24.5 Å². The number of aliphatic carboxylic acids is 1. The van der Waals surface area contributed by atoms with Gasteiger partial charge >= 0.3 is 5.97 Å². The Morgan fingerprint density at radius 2 is 2.11 bits per heavy atom. The van der Waals surface area contributed by atoms with E-state index in [0.29, 0.717) is 15.6 Å². The number of hydrogen-bond acceptors (Lipinski definition) is 1. The fourth-order valence-electron chi connectivity index (χ4n) is 2.24. The normalized spacial score (nSPS) is 11.1. The summed E-state index contributed by atoms with van der Waals surface area (Å²) < 4.78 is 1.66. The minimum atomic E-state index is -0.894. The van der Waals surface area contributed by atoms with E-state index in [2.05, 4.69) is 6.92 Å². The molecule has 0 saturated heterocycles. The molecule has 2 aromatic rings. The molecular weight excluding hydrogens is 285 g/mol. The van der Waals surface area contributed by atoms with E-state index in [1.54, 1.807) is 10.6 Å². The van der Waals surface area contributed by atoms with E-state index < -0.39 is 5.97 Å². The Kier molecular flexibility index (Phi) is 4.38. The summed E-state index contributed by atoms with van der Waals surface area (Å²) in [4.78, 5) is 10.9. The zero-order valence-electron chi connectivity index (χ0n) is 10.6. The second-order valence-electron chi connectivity index (χ2n) is 4.54. The number of aryl methyl sites for hydroxylation is 1. The number of fused-ring (bicyclic) bond motifs is 1.